The Morgan fingerprint density at radius 2 is 0.881 bits per heavy atom. The molecule has 216 valence electrons. The summed E-state index contributed by atoms with van der Waals surface area (Å²) in [5.74, 6) is 3.25. The number of hydrogen-bond acceptors (Lipinski definition) is 8. The van der Waals surface area contributed by atoms with Crippen LogP contribution >= 0.6 is 0 Å². The van der Waals surface area contributed by atoms with Crippen molar-refractivity contribution in [3.63, 3.8) is 0 Å². The standard InChI is InChI=1S/C34H34N2O6/c1-9-13-23(31-27(39-5)17-21(37-3)18-28(31)40-6)33-34(36-26-16-12-11-15-25(26)35-33)24(14-10-2)32-29(41-7)19-22(38-4)20-30(32)42-8/h9-20H,1-2H2,3-8H3. The number of methoxy groups -OCH3 is 6. The van der Waals surface area contributed by atoms with Crippen molar-refractivity contribution in [2.24, 2.45) is 0 Å². The lowest BCUT2D eigenvalue weighted by molar-refractivity contribution is 0.373. The van der Waals surface area contributed by atoms with Crippen molar-refractivity contribution in [3.05, 3.63) is 109 Å². The van der Waals surface area contributed by atoms with Crippen LogP contribution in [0.3, 0.4) is 0 Å². The molecule has 8 heteroatoms. The molecule has 0 bridgehead atoms. The minimum Gasteiger partial charge on any atom is -0.496 e. The molecule has 1 aromatic heterocycles. The van der Waals surface area contributed by atoms with Gasteiger partial charge in [-0.3, -0.25) is 0 Å². The van der Waals surface area contributed by atoms with E-state index in [1.54, 1.807) is 79.1 Å². The number of allylic oxidation sites excluding steroid dienone is 4. The van der Waals surface area contributed by atoms with E-state index in [1.807, 2.05) is 36.4 Å². The van der Waals surface area contributed by atoms with E-state index in [4.69, 9.17) is 38.4 Å². The van der Waals surface area contributed by atoms with Gasteiger partial charge in [0.05, 0.1) is 76.2 Å². The van der Waals surface area contributed by atoms with Crippen molar-refractivity contribution in [3.8, 4) is 34.5 Å². The number of aromatic nitrogens is 2. The normalized spacial score (nSPS) is 11.6. The maximum Gasteiger partial charge on any atom is 0.134 e. The largest absolute Gasteiger partial charge is 0.496 e. The van der Waals surface area contributed by atoms with E-state index in [0.717, 1.165) is 0 Å². The summed E-state index contributed by atoms with van der Waals surface area (Å²) in [7, 11) is 9.53. The first-order chi connectivity index (χ1) is 20.5. The lowest BCUT2D eigenvalue weighted by Gasteiger charge is -2.22. The third-order valence-corrected chi connectivity index (χ3v) is 6.62. The number of hydrogen-bond donors (Lipinski definition) is 0. The second-order valence-electron chi connectivity index (χ2n) is 8.86. The third kappa shape index (κ3) is 5.65. The molecule has 8 nitrogen and oxygen atoms in total. The van der Waals surface area contributed by atoms with Crippen LogP contribution in [0.1, 0.15) is 22.5 Å². The van der Waals surface area contributed by atoms with Crippen molar-refractivity contribution >= 4 is 22.2 Å². The average molecular weight is 567 g/mol. The van der Waals surface area contributed by atoms with Gasteiger partial charge in [-0.25, -0.2) is 9.97 Å². The molecule has 4 aromatic rings. The van der Waals surface area contributed by atoms with Gasteiger partial charge in [0, 0.05) is 35.4 Å². The molecule has 0 aliphatic carbocycles. The number of fused-ring (bicyclic) bond motifs is 1. The van der Waals surface area contributed by atoms with Crippen LogP contribution in [-0.2, 0) is 0 Å². The zero-order valence-electron chi connectivity index (χ0n) is 24.7. The van der Waals surface area contributed by atoms with E-state index in [0.29, 0.717) is 79.2 Å². The SMILES string of the molecule is C=CC=C(c1nc2ccccc2nc1C(=CC=C)c1c(OC)cc(OC)cc1OC)c1c(OC)cc(OC)cc1OC. The highest BCUT2D eigenvalue weighted by molar-refractivity contribution is 5.96. The summed E-state index contributed by atoms with van der Waals surface area (Å²) in [6.07, 6.45) is 7.07. The lowest BCUT2D eigenvalue weighted by Crippen LogP contribution is -2.08. The maximum atomic E-state index is 5.83. The minimum atomic E-state index is 0.522. The summed E-state index contributed by atoms with van der Waals surface area (Å²) < 4.78 is 34.3. The predicted octanol–water partition coefficient (Wildman–Crippen LogP) is 6.92. The van der Waals surface area contributed by atoms with Crippen LogP contribution in [0.2, 0.25) is 0 Å². The van der Waals surface area contributed by atoms with Gasteiger partial charge in [0.1, 0.15) is 34.5 Å². The van der Waals surface area contributed by atoms with Gasteiger partial charge in [-0.2, -0.15) is 0 Å². The number of nitrogens with zero attached hydrogens (tertiary/aromatic N) is 2. The Morgan fingerprint density at radius 1 is 0.548 bits per heavy atom. The second kappa shape index (κ2) is 13.4. The molecule has 0 fully saturated rings. The summed E-state index contributed by atoms with van der Waals surface area (Å²) in [5.41, 5.74) is 5.11. The van der Waals surface area contributed by atoms with Crippen LogP contribution in [0.15, 0.2) is 86.0 Å². The van der Waals surface area contributed by atoms with Gasteiger partial charge in [0.15, 0.2) is 0 Å². The second-order valence-corrected chi connectivity index (χ2v) is 8.86. The summed E-state index contributed by atoms with van der Waals surface area (Å²) in [6, 6.07) is 14.8. The molecule has 0 aliphatic rings. The van der Waals surface area contributed by atoms with Gasteiger partial charge >= 0.3 is 0 Å². The number of ether oxygens (including phenoxy) is 6. The van der Waals surface area contributed by atoms with Crippen molar-refractivity contribution in [1.29, 1.82) is 0 Å². The smallest absolute Gasteiger partial charge is 0.134 e. The van der Waals surface area contributed by atoms with Crippen molar-refractivity contribution in [2.45, 2.75) is 0 Å². The third-order valence-electron chi connectivity index (χ3n) is 6.62. The molecule has 4 rings (SSSR count). The van der Waals surface area contributed by atoms with Crippen LogP contribution in [0.4, 0.5) is 0 Å². The molecule has 0 radical (unpaired) electrons. The van der Waals surface area contributed by atoms with Crippen LogP contribution in [-0.4, -0.2) is 52.6 Å². The van der Waals surface area contributed by atoms with E-state index >= 15 is 0 Å². The van der Waals surface area contributed by atoms with E-state index in [-0.39, 0.29) is 0 Å². The maximum absolute atomic E-state index is 5.83. The van der Waals surface area contributed by atoms with Crippen LogP contribution in [0.5, 0.6) is 34.5 Å². The fourth-order valence-electron chi connectivity index (χ4n) is 4.71. The zero-order valence-corrected chi connectivity index (χ0v) is 24.7. The first-order valence-electron chi connectivity index (χ1n) is 13.0. The Bertz CT molecular complexity index is 1520. The van der Waals surface area contributed by atoms with Gasteiger partial charge < -0.3 is 28.4 Å². The van der Waals surface area contributed by atoms with Gasteiger partial charge in [-0.05, 0) is 12.1 Å². The van der Waals surface area contributed by atoms with Crippen molar-refractivity contribution < 1.29 is 28.4 Å². The summed E-state index contributed by atoms with van der Waals surface area (Å²) in [5, 5.41) is 0. The molecule has 42 heavy (non-hydrogen) atoms. The van der Waals surface area contributed by atoms with Gasteiger partial charge in [-0.15, -0.1) is 0 Å². The number of benzene rings is 3. The molecular weight excluding hydrogens is 532 g/mol. The first-order valence-corrected chi connectivity index (χ1v) is 13.0. The summed E-state index contributed by atoms with van der Waals surface area (Å²) in [6.45, 7) is 7.97. The van der Waals surface area contributed by atoms with Crippen LogP contribution in [0.25, 0.3) is 22.2 Å². The van der Waals surface area contributed by atoms with E-state index in [9.17, 15) is 0 Å². The van der Waals surface area contributed by atoms with Gasteiger partial charge in [0.2, 0.25) is 0 Å². The minimum absolute atomic E-state index is 0.522. The monoisotopic (exact) mass is 566 g/mol. The quantitative estimate of drug-likeness (QED) is 0.171. The van der Waals surface area contributed by atoms with E-state index in [1.165, 1.54) is 0 Å². The van der Waals surface area contributed by atoms with Gasteiger partial charge in [-0.1, -0.05) is 49.6 Å². The molecule has 0 spiro atoms. The van der Waals surface area contributed by atoms with Crippen LogP contribution in [0, 0.1) is 0 Å². The highest BCUT2D eigenvalue weighted by Gasteiger charge is 2.27. The van der Waals surface area contributed by atoms with E-state index < -0.39 is 0 Å². The molecule has 1 heterocycles. The van der Waals surface area contributed by atoms with Crippen molar-refractivity contribution in [2.75, 3.05) is 42.7 Å². The fourth-order valence-corrected chi connectivity index (χ4v) is 4.71. The fraction of sp³-hybridized carbons (Fsp3) is 0.176. The molecule has 0 aliphatic heterocycles. The molecule has 0 amide bonds. The summed E-state index contributed by atoms with van der Waals surface area (Å²) >= 11 is 0. The Balaban J connectivity index is 2.17. The predicted molar refractivity (Wildman–Crippen MR) is 166 cm³/mol. The summed E-state index contributed by atoms with van der Waals surface area (Å²) in [4.78, 5) is 10.3. The molecule has 3 aromatic carbocycles. The molecule has 0 saturated carbocycles. The molecule has 0 N–H and O–H groups in total. The Hall–Kier alpha value is -5.24. The molecule has 0 saturated heterocycles. The highest BCUT2D eigenvalue weighted by atomic mass is 16.5. The number of rotatable bonds is 12. The first kappa shape index (κ1) is 29.7. The average Bonchev–Trinajstić information content (AvgIpc) is 3.04. The zero-order chi connectivity index (χ0) is 30.2. The topological polar surface area (TPSA) is 81.2 Å². The Kier molecular flexibility index (Phi) is 9.50. The molecule has 0 unspecified atom stereocenters. The lowest BCUT2D eigenvalue weighted by atomic mass is 9.91. The molecule has 0 atom stereocenters. The Labute approximate surface area is 246 Å². The van der Waals surface area contributed by atoms with Gasteiger partial charge in [0.25, 0.3) is 0 Å². The van der Waals surface area contributed by atoms with Crippen LogP contribution < -0.4 is 28.4 Å². The highest BCUT2D eigenvalue weighted by Crippen LogP contribution is 2.46. The Morgan fingerprint density at radius 3 is 1.14 bits per heavy atom. The molecular formula is C34H34N2O6. The van der Waals surface area contributed by atoms with Crippen molar-refractivity contribution in [1.82, 2.24) is 9.97 Å². The number of para-hydroxylation sites is 2. The van der Waals surface area contributed by atoms with E-state index in [2.05, 4.69) is 13.2 Å².